The van der Waals surface area contributed by atoms with Gasteiger partial charge in [-0.1, -0.05) is 0 Å². The van der Waals surface area contributed by atoms with Gasteiger partial charge in [0.25, 0.3) is 5.91 Å². The lowest BCUT2D eigenvalue weighted by Crippen LogP contribution is -2.63. The van der Waals surface area contributed by atoms with Crippen LogP contribution in [0.1, 0.15) is 30.2 Å². The summed E-state index contributed by atoms with van der Waals surface area (Å²) in [6, 6.07) is 4.28. The Balaban J connectivity index is 1.77. The van der Waals surface area contributed by atoms with Crippen LogP contribution in [0.3, 0.4) is 0 Å². The lowest BCUT2D eigenvalue weighted by atomic mass is 10.1. The van der Waals surface area contributed by atoms with Crippen LogP contribution in [0.15, 0.2) is 30.5 Å². The molecule has 1 aromatic carbocycles. The standard InChI is InChI=1S/C21H22F3N5O4S/c1-11(7-25)29-16-5-12(19(30)27-21(2)9-34(31,32)10-21)8-26-18(16)17(28-29)14-6-13(33-20(23)24)3-4-15(14)22/h3-6,8,11,20H,7,9-10,25H2,1-2H3,(H,27,30). The molecule has 9 nitrogen and oxygen atoms in total. The molecule has 1 aliphatic heterocycles. The average Bonchev–Trinajstić information content (AvgIpc) is 3.11. The predicted molar refractivity (Wildman–Crippen MR) is 118 cm³/mol. The van der Waals surface area contributed by atoms with E-state index < -0.39 is 33.7 Å². The molecule has 2 aromatic heterocycles. The van der Waals surface area contributed by atoms with Gasteiger partial charge < -0.3 is 15.8 Å². The number of aromatic nitrogens is 3. The highest BCUT2D eigenvalue weighted by molar-refractivity contribution is 7.93. The number of carbonyl (C=O) groups excluding carboxylic acids is 1. The van der Waals surface area contributed by atoms with Gasteiger partial charge in [0.05, 0.1) is 34.2 Å². The van der Waals surface area contributed by atoms with E-state index in [1.165, 1.54) is 16.9 Å². The molecule has 0 radical (unpaired) electrons. The summed E-state index contributed by atoms with van der Waals surface area (Å²) in [4.78, 5) is 17.1. The highest BCUT2D eigenvalue weighted by Gasteiger charge is 2.45. The summed E-state index contributed by atoms with van der Waals surface area (Å²) in [6.07, 6.45) is 1.26. The second-order valence-corrected chi connectivity index (χ2v) is 10.6. The summed E-state index contributed by atoms with van der Waals surface area (Å²) in [5.41, 5.74) is 5.60. The lowest BCUT2D eigenvalue weighted by molar-refractivity contribution is -0.0498. The first kappa shape index (κ1) is 24.0. The van der Waals surface area contributed by atoms with Gasteiger partial charge in [0.2, 0.25) is 0 Å². The Kier molecular flexibility index (Phi) is 6.02. The third-order valence-electron chi connectivity index (χ3n) is 5.48. The normalized spacial score (nSPS) is 17.4. The number of hydrogen-bond acceptors (Lipinski definition) is 7. The van der Waals surface area contributed by atoms with Crippen molar-refractivity contribution in [3.05, 3.63) is 41.8 Å². The Morgan fingerprint density at radius 3 is 2.65 bits per heavy atom. The van der Waals surface area contributed by atoms with Crippen LogP contribution >= 0.6 is 0 Å². The molecule has 3 aromatic rings. The second-order valence-electron chi connectivity index (χ2n) is 8.54. The Hall–Kier alpha value is -3.19. The molecule has 1 fully saturated rings. The molecular formula is C21H22F3N5O4S. The van der Waals surface area contributed by atoms with E-state index in [9.17, 15) is 26.4 Å². The molecule has 1 atom stereocenters. The molecule has 34 heavy (non-hydrogen) atoms. The van der Waals surface area contributed by atoms with Crippen molar-refractivity contribution in [2.75, 3.05) is 18.1 Å². The van der Waals surface area contributed by atoms with Crippen LogP contribution in [0, 0.1) is 5.82 Å². The molecular weight excluding hydrogens is 475 g/mol. The van der Waals surface area contributed by atoms with E-state index in [1.54, 1.807) is 13.8 Å². The molecule has 1 amide bonds. The predicted octanol–water partition coefficient (Wildman–Crippen LogP) is 2.28. The summed E-state index contributed by atoms with van der Waals surface area (Å²) in [6.45, 7) is 0.473. The Bertz CT molecular complexity index is 1360. The van der Waals surface area contributed by atoms with Crippen molar-refractivity contribution in [2.45, 2.75) is 32.0 Å². The Morgan fingerprint density at radius 1 is 1.32 bits per heavy atom. The van der Waals surface area contributed by atoms with Crippen LogP contribution in [0.5, 0.6) is 5.75 Å². The highest BCUT2D eigenvalue weighted by Crippen LogP contribution is 2.33. The van der Waals surface area contributed by atoms with Crippen LogP contribution < -0.4 is 15.8 Å². The SMILES string of the molecule is CC(CN)n1nc(-c2cc(OC(F)F)ccc2F)c2ncc(C(=O)NC3(C)CS(=O)(=O)C3)cc21. The number of fused-ring (bicyclic) bond motifs is 1. The topological polar surface area (TPSA) is 129 Å². The molecule has 0 bridgehead atoms. The number of pyridine rings is 1. The fraction of sp³-hybridized carbons (Fsp3) is 0.381. The maximum absolute atomic E-state index is 14.7. The number of benzene rings is 1. The van der Waals surface area contributed by atoms with Crippen LogP contribution in [-0.4, -0.2) is 59.3 Å². The molecule has 3 heterocycles. The van der Waals surface area contributed by atoms with E-state index in [4.69, 9.17) is 5.73 Å². The van der Waals surface area contributed by atoms with E-state index in [1.807, 2.05) is 0 Å². The Labute approximate surface area is 193 Å². The van der Waals surface area contributed by atoms with Crippen molar-refractivity contribution >= 4 is 26.8 Å². The zero-order valence-electron chi connectivity index (χ0n) is 18.3. The Morgan fingerprint density at radius 2 is 2.03 bits per heavy atom. The monoisotopic (exact) mass is 497 g/mol. The van der Waals surface area contributed by atoms with Gasteiger partial charge in [0, 0.05) is 18.3 Å². The maximum atomic E-state index is 14.7. The lowest BCUT2D eigenvalue weighted by Gasteiger charge is -2.38. The van der Waals surface area contributed by atoms with E-state index in [-0.39, 0.29) is 52.2 Å². The summed E-state index contributed by atoms with van der Waals surface area (Å²) >= 11 is 0. The van der Waals surface area contributed by atoms with Crippen LogP contribution in [-0.2, 0) is 9.84 Å². The molecule has 4 rings (SSSR count). The molecule has 0 saturated carbocycles. The summed E-state index contributed by atoms with van der Waals surface area (Å²) < 4.78 is 68.8. The molecule has 1 aliphatic rings. The number of halogens is 3. The van der Waals surface area contributed by atoms with Gasteiger partial charge in [-0.25, -0.2) is 12.8 Å². The van der Waals surface area contributed by atoms with Crippen LogP contribution in [0.2, 0.25) is 0 Å². The third kappa shape index (κ3) is 4.57. The molecule has 13 heteroatoms. The third-order valence-corrected chi connectivity index (χ3v) is 7.63. The number of nitrogens with two attached hydrogens (primary N) is 1. The summed E-state index contributed by atoms with van der Waals surface area (Å²) in [5, 5.41) is 7.12. The number of rotatable bonds is 7. The first-order chi connectivity index (χ1) is 15.9. The molecule has 1 saturated heterocycles. The number of nitrogens with zero attached hydrogens (tertiary/aromatic N) is 3. The first-order valence-corrected chi connectivity index (χ1v) is 12.1. The minimum atomic E-state index is -3.17. The van der Waals surface area contributed by atoms with Gasteiger partial charge in [-0.3, -0.25) is 14.5 Å². The molecule has 182 valence electrons. The van der Waals surface area contributed by atoms with Crippen molar-refractivity contribution in [2.24, 2.45) is 5.73 Å². The van der Waals surface area contributed by atoms with Crippen molar-refractivity contribution in [1.29, 1.82) is 0 Å². The largest absolute Gasteiger partial charge is 0.435 e. The van der Waals surface area contributed by atoms with Gasteiger partial charge >= 0.3 is 6.61 Å². The van der Waals surface area contributed by atoms with Crippen molar-refractivity contribution < 1.29 is 31.1 Å². The van der Waals surface area contributed by atoms with Crippen molar-refractivity contribution in [3.8, 4) is 17.0 Å². The summed E-state index contributed by atoms with van der Waals surface area (Å²) in [5.74, 6) is -1.83. The fourth-order valence-corrected chi connectivity index (χ4v) is 5.97. The van der Waals surface area contributed by atoms with Gasteiger partial charge in [-0.2, -0.15) is 13.9 Å². The number of carbonyl (C=O) groups is 1. The van der Waals surface area contributed by atoms with Gasteiger partial charge in [-0.15, -0.1) is 0 Å². The van der Waals surface area contributed by atoms with E-state index in [2.05, 4.69) is 20.1 Å². The number of amides is 1. The highest BCUT2D eigenvalue weighted by atomic mass is 32.2. The first-order valence-electron chi connectivity index (χ1n) is 10.3. The van der Waals surface area contributed by atoms with Crippen molar-refractivity contribution in [1.82, 2.24) is 20.1 Å². The number of sulfone groups is 1. The smallest absolute Gasteiger partial charge is 0.387 e. The molecule has 0 spiro atoms. The summed E-state index contributed by atoms with van der Waals surface area (Å²) in [7, 11) is -3.17. The average molecular weight is 497 g/mol. The molecule has 1 unspecified atom stereocenters. The van der Waals surface area contributed by atoms with Gasteiger partial charge in [-0.05, 0) is 38.1 Å². The molecule has 3 N–H and O–H groups in total. The van der Waals surface area contributed by atoms with Crippen LogP contribution in [0.4, 0.5) is 13.2 Å². The minimum Gasteiger partial charge on any atom is -0.435 e. The van der Waals surface area contributed by atoms with Crippen LogP contribution in [0.25, 0.3) is 22.3 Å². The quantitative estimate of drug-likeness (QED) is 0.512. The van der Waals surface area contributed by atoms with Crippen molar-refractivity contribution in [3.63, 3.8) is 0 Å². The zero-order chi connectivity index (χ0) is 24.8. The number of hydrogen-bond donors (Lipinski definition) is 2. The van der Waals surface area contributed by atoms with E-state index in [0.29, 0.717) is 5.52 Å². The minimum absolute atomic E-state index is 0.0662. The molecule has 0 aliphatic carbocycles. The number of ether oxygens (including phenoxy) is 1. The maximum Gasteiger partial charge on any atom is 0.387 e. The number of alkyl halides is 2. The van der Waals surface area contributed by atoms with E-state index >= 15 is 0 Å². The fourth-order valence-electron chi connectivity index (χ4n) is 3.97. The van der Waals surface area contributed by atoms with E-state index in [0.717, 1.165) is 18.2 Å². The second kappa shape index (κ2) is 8.55. The van der Waals surface area contributed by atoms with Gasteiger partial charge in [0.15, 0.2) is 9.84 Å². The van der Waals surface area contributed by atoms with Gasteiger partial charge in [0.1, 0.15) is 22.8 Å². The zero-order valence-corrected chi connectivity index (χ0v) is 19.1. The number of nitrogens with one attached hydrogen (secondary N) is 1.